The number of hydrogen-bond acceptors (Lipinski definition) is 6. The molecule has 9 heteroatoms. The van der Waals surface area contributed by atoms with Crippen molar-refractivity contribution in [2.75, 3.05) is 24.6 Å². The molecule has 8 nitrogen and oxygen atoms in total. The minimum atomic E-state index is -1.42. The number of nitrogens with zero attached hydrogens (tertiary/aromatic N) is 3. The van der Waals surface area contributed by atoms with E-state index in [-0.39, 0.29) is 46.0 Å². The number of hydrogen-bond donors (Lipinski definition) is 2. The molecule has 3 aliphatic rings. The highest BCUT2D eigenvalue weighted by Gasteiger charge is 2.48. The Kier molecular flexibility index (Phi) is 3.89. The standard InChI is InChI=1S/C21H21FN4O4/c1-10-9-30-18-16-12(6-13(20(28)29)19(27)26(10)16)14(7-23)15(22)17(18)25-5-2-11(8-25)21(24)3-4-21/h6,10-11H,2-5,8-9,24H2,1H3,(H,28,29)/t10-,11+/m0/s1. The number of pyridine rings is 1. The van der Waals surface area contributed by atoms with Crippen molar-refractivity contribution in [2.45, 2.75) is 37.8 Å². The van der Waals surface area contributed by atoms with Gasteiger partial charge in [-0.2, -0.15) is 5.26 Å². The van der Waals surface area contributed by atoms with E-state index in [1.54, 1.807) is 6.92 Å². The van der Waals surface area contributed by atoms with Crippen molar-refractivity contribution in [2.24, 2.45) is 11.7 Å². The number of nitrogens with two attached hydrogens (primary N) is 1. The summed E-state index contributed by atoms with van der Waals surface area (Å²) < 4.78 is 22.8. The predicted molar refractivity (Wildman–Crippen MR) is 107 cm³/mol. The first-order chi connectivity index (χ1) is 14.3. The first-order valence-corrected chi connectivity index (χ1v) is 10.0. The Morgan fingerprint density at radius 1 is 1.47 bits per heavy atom. The van der Waals surface area contributed by atoms with Crippen LogP contribution < -0.4 is 20.9 Å². The minimum Gasteiger partial charge on any atom is -0.487 e. The van der Waals surface area contributed by atoms with E-state index in [0.717, 1.165) is 25.3 Å². The lowest BCUT2D eigenvalue weighted by atomic mass is 9.97. The smallest absolute Gasteiger partial charge is 0.341 e. The molecule has 156 valence electrons. The van der Waals surface area contributed by atoms with Gasteiger partial charge in [0.15, 0.2) is 11.6 Å². The molecular formula is C21H21FN4O4. The summed E-state index contributed by atoms with van der Waals surface area (Å²) in [5.74, 6) is -1.75. The SMILES string of the molecule is C[C@H]1COc2c(N3CC[C@@H](C4(N)CC4)C3)c(F)c(C#N)c3cc(C(=O)O)c(=O)n1c23. The quantitative estimate of drug-likeness (QED) is 0.790. The second kappa shape index (κ2) is 6.19. The maximum atomic E-state index is 15.6. The molecule has 2 fully saturated rings. The summed E-state index contributed by atoms with van der Waals surface area (Å²) in [6.07, 6.45) is 2.72. The molecule has 3 N–H and O–H groups in total. The third-order valence-electron chi connectivity index (χ3n) is 6.76. The Balaban J connectivity index is 1.79. The van der Waals surface area contributed by atoms with E-state index in [9.17, 15) is 20.0 Å². The number of carboxylic acid groups (broad SMARTS) is 1. The van der Waals surface area contributed by atoms with E-state index in [2.05, 4.69) is 0 Å². The van der Waals surface area contributed by atoms with Gasteiger partial charge in [0.25, 0.3) is 5.56 Å². The Morgan fingerprint density at radius 3 is 2.83 bits per heavy atom. The van der Waals surface area contributed by atoms with Crippen LogP contribution in [-0.2, 0) is 0 Å². The number of rotatable bonds is 3. The first kappa shape index (κ1) is 18.9. The zero-order valence-electron chi connectivity index (χ0n) is 16.4. The maximum Gasteiger partial charge on any atom is 0.341 e. The van der Waals surface area contributed by atoms with E-state index in [0.29, 0.717) is 13.1 Å². The zero-order valence-corrected chi connectivity index (χ0v) is 16.4. The van der Waals surface area contributed by atoms with Gasteiger partial charge in [-0.05, 0) is 38.2 Å². The number of aromatic carboxylic acids is 1. The average molecular weight is 412 g/mol. The van der Waals surface area contributed by atoms with Crippen molar-refractivity contribution in [3.8, 4) is 11.8 Å². The van der Waals surface area contributed by atoms with Crippen LogP contribution >= 0.6 is 0 Å². The molecule has 1 saturated carbocycles. The molecular weight excluding hydrogens is 391 g/mol. The number of aromatic nitrogens is 1. The third kappa shape index (κ3) is 2.46. The van der Waals surface area contributed by atoms with Gasteiger partial charge in [-0.1, -0.05) is 0 Å². The largest absolute Gasteiger partial charge is 0.487 e. The average Bonchev–Trinajstić information content (AvgIpc) is 3.26. The van der Waals surface area contributed by atoms with Gasteiger partial charge < -0.3 is 20.5 Å². The van der Waals surface area contributed by atoms with E-state index < -0.39 is 29.0 Å². The Bertz CT molecular complexity index is 1210. The molecule has 0 amide bonds. The number of halogens is 1. The third-order valence-corrected chi connectivity index (χ3v) is 6.76. The molecule has 0 radical (unpaired) electrons. The molecule has 0 spiro atoms. The lowest BCUT2D eigenvalue weighted by Gasteiger charge is -2.31. The van der Waals surface area contributed by atoms with Crippen molar-refractivity contribution < 1.29 is 19.0 Å². The topological polar surface area (TPSA) is 122 Å². The Labute approximate surface area is 171 Å². The molecule has 2 aliphatic heterocycles. The highest BCUT2D eigenvalue weighted by molar-refractivity contribution is 6.00. The first-order valence-electron chi connectivity index (χ1n) is 10.0. The van der Waals surface area contributed by atoms with Gasteiger partial charge >= 0.3 is 5.97 Å². The van der Waals surface area contributed by atoms with Crippen LogP contribution in [0.3, 0.4) is 0 Å². The summed E-state index contributed by atoms with van der Waals surface area (Å²) in [6.45, 7) is 2.94. The van der Waals surface area contributed by atoms with Crippen LogP contribution in [0.25, 0.3) is 10.9 Å². The number of nitriles is 1. The number of carbonyl (C=O) groups is 1. The molecule has 0 bridgehead atoms. The van der Waals surface area contributed by atoms with E-state index in [1.807, 2.05) is 11.0 Å². The van der Waals surface area contributed by atoms with Crippen molar-refractivity contribution >= 4 is 22.6 Å². The predicted octanol–water partition coefficient (Wildman–Crippen LogP) is 1.98. The van der Waals surface area contributed by atoms with Gasteiger partial charge in [0.05, 0.1) is 17.1 Å². The molecule has 0 unspecified atom stereocenters. The molecule has 3 heterocycles. The molecule has 1 aromatic carbocycles. The summed E-state index contributed by atoms with van der Waals surface area (Å²) in [5.41, 5.74) is 5.13. The van der Waals surface area contributed by atoms with Crippen LogP contribution in [0.15, 0.2) is 10.9 Å². The molecule has 2 aromatic rings. The summed E-state index contributed by atoms with van der Waals surface area (Å²) in [7, 11) is 0. The number of ether oxygens (including phenoxy) is 1. The van der Waals surface area contributed by atoms with Gasteiger partial charge in [-0.25, -0.2) is 9.18 Å². The molecule has 1 aliphatic carbocycles. The molecule has 2 atom stereocenters. The van der Waals surface area contributed by atoms with Crippen LogP contribution in [0, 0.1) is 23.1 Å². The van der Waals surface area contributed by atoms with Crippen LogP contribution in [-0.4, -0.2) is 40.9 Å². The number of carboxylic acids is 1. The minimum absolute atomic E-state index is 0.0746. The monoisotopic (exact) mass is 412 g/mol. The van der Waals surface area contributed by atoms with E-state index in [1.165, 1.54) is 4.57 Å². The molecule has 5 rings (SSSR count). The van der Waals surface area contributed by atoms with Gasteiger partial charge in [-0.15, -0.1) is 0 Å². The van der Waals surface area contributed by atoms with Crippen LogP contribution in [0.4, 0.5) is 10.1 Å². The Hall–Kier alpha value is -3.12. The Morgan fingerprint density at radius 2 is 2.20 bits per heavy atom. The zero-order chi connectivity index (χ0) is 21.4. The van der Waals surface area contributed by atoms with Gasteiger partial charge in [-0.3, -0.25) is 9.36 Å². The lowest BCUT2D eigenvalue weighted by molar-refractivity contribution is 0.0694. The van der Waals surface area contributed by atoms with Crippen molar-refractivity contribution in [3.63, 3.8) is 0 Å². The van der Waals surface area contributed by atoms with Gasteiger partial charge in [0, 0.05) is 24.0 Å². The fourth-order valence-electron chi connectivity index (χ4n) is 4.87. The van der Waals surface area contributed by atoms with Gasteiger partial charge in [0.2, 0.25) is 0 Å². The van der Waals surface area contributed by atoms with Crippen LogP contribution in [0.5, 0.6) is 5.75 Å². The molecule has 30 heavy (non-hydrogen) atoms. The van der Waals surface area contributed by atoms with Crippen molar-refractivity contribution in [1.82, 2.24) is 4.57 Å². The lowest BCUT2D eigenvalue weighted by Crippen LogP contribution is -2.36. The van der Waals surface area contributed by atoms with Crippen molar-refractivity contribution in [1.29, 1.82) is 5.26 Å². The summed E-state index contributed by atoms with van der Waals surface area (Å²) in [5, 5.41) is 19.2. The van der Waals surface area contributed by atoms with Crippen LogP contribution in [0.1, 0.15) is 48.1 Å². The van der Waals surface area contributed by atoms with Crippen molar-refractivity contribution in [3.05, 3.63) is 33.4 Å². The number of benzene rings is 1. The van der Waals surface area contributed by atoms with Crippen LogP contribution in [0.2, 0.25) is 0 Å². The fraction of sp³-hybridized carbons (Fsp3) is 0.476. The summed E-state index contributed by atoms with van der Waals surface area (Å²) in [4.78, 5) is 26.3. The van der Waals surface area contributed by atoms with E-state index in [4.69, 9.17) is 10.5 Å². The summed E-state index contributed by atoms with van der Waals surface area (Å²) >= 11 is 0. The highest BCUT2D eigenvalue weighted by atomic mass is 19.1. The second-order valence-electron chi connectivity index (χ2n) is 8.60. The number of anilines is 1. The normalized spacial score (nSPS) is 23.9. The second-order valence-corrected chi connectivity index (χ2v) is 8.60. The fourth-order valence-corrected chi connectivity index (χ4v) is 4.87. The van der Waals surface area contributed by atoms with Gasteiger partial charge in [0.1, 0.15) is 23.9 Å². The molecule has 1 aromatic heterocycles. The highest BCUT2D eigenvalue weighted by Crippen LogP contribution is 2.49. The molecule has 1 saturated heterocycles. The van der Waals surface area contributed by atoms with E-state index >= 15 is 4.39 Å². The summed E-state index contributed by atoms with van der Waals surface area (Å²) in [6, 6.07) is 2.49. The maximum absolute atomic E-state index is 15.6.